The molecule has 7 heteroatoms. The number of aromatic nitrogens is 3. The number of rotatable bonds is 5. The number of nitrogens with zero attached hydrogens (tertiary/aromatic N) is 2. The van der Waals surface area contributed by atoms with Crippen molar-refractivity contribution in [3.63, 3.8) is 0 Å². The van der Waals surface area contributed by atoms with Gasteiger partial charge in [0.1, 0.15) is 23.2 Å². The first-order valence-electron chi connectivity index (χ1n) is 5.92. The predicted octanol–water partition coefficient (Wildman–Crippen LogP) is 2.17. The van der Waals surface area contributed by atoms with Crippen molar-refractivity contribution in [2.75, 3.05) is 17.8 Å². The van der Waals surface area contributed by atoms with Crippen LogP contribution < -0.4 is 10.1 Å². The molecule has 0 saturated carbocycles. The average molecular weight is 283 g/mol. The van der Waals surface area contributed by atoms with E-state index in [1.54, 1.807) is 6.20 Å². The van der Waals surface area contributed by atoms with Gasteiger partial charge >= 0.3 is 0 Å². The first-order chi connectivity index (χ1) is 9.11. The van der Waals surface area contributed by atoms with E-state index in [2.05, 4.69) is 20.3 Å². The summed E-state index contributed by atoms with van der Waals surface area (Å²) in [4.78, 5) is 22.5. The van der Waals surface area contributed by atoms with Crippen molar-refractivity contribution in [3.05, 3.63) is 12.5 Å². The lowest BCUT2D eigenvalue weighted by Gasteiger charge is -2.09. The van der Waals surface area contributed by atoms with Crippen molar-refractivity contribution in [2.45, 2.75) is 13.8 Å². The highest BCUT2D eigenvalue weighted by Gasteiger charge is 2.14. The molecule has 2 aromatic rings. The second-order valence-corrected chi connectivity index (χ2v) is 4.76. The predicted molar refractivity (Wildman–Crippen MR) is 73.6 cm³/mol. The number of carbonyl (C=O) groups is 1. The van der Waals surface area contributed by atoms with E-state index in [0.717, 1.165) is 0 Å². The topological polar surface area (TPSA) is 79.9 Å². The molecule has 2 heterocycles. The summed E-state index contributed by atoms with van der Waals surface area (Å²) in [7, 11) is 0. The SMILES string of the molecule is CC(C)COc1ncnc2[nH]cc(NC(=O)CCl)c12. The van der Waals surface area contributed by atoms with E-state index in [1.807, 2.05) is 13.8 Å². The molecule has 0 fully saturated rings. The molecule has 2 N–H and O–H groups in total. The zero-order chi connectivity index (χ0) is 13.8. The molecule has 0 aliphatic rings. The zero-order valence-corrected chi connectivity index (χ0v) is 11.5. The molecule has 0 spiro atoms. The van der Waals surface area contributed by atoms with Crippen molar-refractivity contribution < 1.29 is 9.53 Å². The number of hydrogen-bond donors (Lipinski definition) is 2. The summed E-state index contributed by atoms with van der Waals surface area (Å²) in [5, 5.41) is 3.33. The molecule has 0 saturated heterocycles. The number of anilines is 1. The number of alkyl halides is 1. The van der Waals surface area contributed by atoms with Gasteiger partial charge in [-0.25, -0.2) is 9.97 Å². The van der Waals surface area contributed by atoms with E-state index >= 15 is 0 Å². The molecular formula is C12H15ClN4O2. The van der Waals surface area contributed by atoms with Gasteiger partial charge in [-0.15, -0.1) is 11.6 Å². The first kappa shape index (κ1) is 13.6. The van der Waals surface area contributed by atoms with Crippen LogP contribution in [0.4, 0.5) is 5.69 Å². The van der Waals surface area contributed by atoms with Crippen LogP contribution in [0.5, 0.6) is 5.88 Å². The quantitative estimate of drug-likeness (QED) is 0.824. The third-order valence-corrected chi connectivity index (χ3v) is 2.63. The Morgan fingerprint density at radius 1 is 1.53 bits per heavy atom. The maximum absolute atomic E-state index is 11.4. The number of hydrogen-bond acceptors (Lipinski definition) is 4. The minimum Gasteiger partial charge on any atom is -0.477 e. The summed E-state index contributed by atoms with van der Waals surface area (Å²) in [6.07, 6.45) is 3.06. The molecule has 19 heavy (non-hydrogen) atoms. The van der Waals surface area contributed by atoms with Crippen molar-refractivity contribution >= 4 is 34.2 Å². The van der Waals surface area contributed by atoms with Crippen LogP contribution in [0.25, 0.3) is 11.0 Å². The maximum atomic E-state index is 11.4. The van der Waals surface area contributed by atoms with Crippen LogP contribution in [-0.2, 0) is 4.79 Å². The number of amides is 1. The van der Waals surface area contributed by atoms with Crippen LogP contribution >= 0.6 is 11.6 Å². The summed E-state index contributed by atoms with van der Waals surface area (Å²) < 4.78 is 5.64. The summed E-state index contributed by atoms with van der Waals surface area (Å²) in [6, 6.07) is 0. The standard InChI is InChI=1S/C12H15ClN4O2/c1-7(2)5-19-12-10-8(17-9(18)3-13)4-14-11(10)15-6-16-12/h4,6-7H,3,5H2,1-2H3,(H,17,18)(H,14,15,16). The number of fused-ring (bicyclic) bond motifs is 1. The molecule has 2 rings (SSSR count). The van der Waals surface area contributed by atoms with Crippen molar-refractivity contribution in [1.82, 2.24) is 15.0 Å². The van der Waals surface area contributed by atoms with Gasteiger partial charge < -0.3 is 15.0 Å². The van der Waals surface area contributed by atoms with Crippen molar-refractivity contribution in [1.29, 1.82) is 0 Å². The van der Waals surface area contributed by atoms with Crippen LogP contribution in [-0.4, -0.2) is 33.3 Å². The molecule has 0 radical (unpaired) electrons. The highest BCUT2D eigenvalue weighted by molar-refractivity contribution is 6.29. The fourth-order valence-corrected chi connectivity index (χ4v) is 1.64. The molecule has 0 aromatic carbocycles. The lowest BCUT2D eigenvalue weighted by molar-refractivity contribution is -0.113. The monoisotopic (exact) mass is 282 g/mol. The van der Waals surface area contributed by atoms with Crippen LogP contribution in [0.1, 0.15) is 13.8 Å². The van der Waals surface area contributed by atoms with E-state index < -0.39 is 0 Å². The highest BCUT2D eigenvalue weighted by atomic mass is 35.5. The van der Waals surface area contributed by atoms with Gasteiger partial charge in [0.25, 0.3) is 0 Å². The van der Waals surface area contributed by atoms with Gasteiger partial charge in [-0.05, 0) is 5.92 Å². The second-order valence-electron chi connectivity index (χ2n) is 4.49. The maximum Gasteiger partial charge on any atom is 0.239 e. The third kappa shape index (κ3) is 3.14. The van der Waals surface area contributed by atoms with Gasteiger partial charge in [0.05, 0.1) is 12.3 Å². The van der Waals surface area contributed by atoms with E-state index in [-0.39, 0.29) is 11.8 Å². The summed E-state index contributed by atoms with van der Waals surface area (Å²) >= 11 is 5.48. The zero-order valence-electron chi connectivity index (χ0n) is 10.7. The molecule has 6 nitrogen and oxygen atoms in total. The number of aromatic amines is 1. The number of nitrogens with one attached hydrogen (secondary N) is 2. The lowest BCUT2D eigenvalue weighted by Crippen LogP contribution is -2.12. The average Bonchev–Trinajstić information content (AvgIpc) is 2.80. The molecular weight excluding hydrogens is 268 g/mol. The normalized spacial score (nSPS) is 10.9. The smallest absolute Gasteiger partial charge is 0.239 e. The Labute approximate surface area is 115 Å². The van der Waals surface area contributed by atoms with E-state index in [0.29, 0.717) is 35.1 Å². The lowest BCUT2D eigenvalue weighted by atomic mass is 10.2. The first-order valence-corrected chi connectivity index (χ1v) is 6.46. The molecule has 0 aliphatic carbocycles. The molecule has 0 atom stereocenters. The van der Waals surface area contributed by atoms with Crippen LogP contribution in [0.15, 0.2) is 12.5 Å². The fourth-order valence-electron chi connectivity index (χ4n) is 1.57. The molecule has 1 amide bonds. The Balaban J connectivity index is 2.34. The number of halogens is 1. The number of carbonyl (C=O) groups excluding carboxylic acids is 1. The van der Waals surface area contributed by atoms with Gasteiger partial charge in [-0.3, -0.25) is 4.79 Å². The van der Waals surface area contributed by atoms with E-state index in [4.69, 9.17) is 16.3 Å². The van der Waals surface area contributed by atoms with Gasteiger partial charge in [0.2, 0.25) is 11.8 Å². The van der Waals surface area contributed by atoms with Gasteiger partial charge in [0.15, 0.2) is 0 Å². The Morgan fingerprint density at radius 3 is 3.00 bits per heavy atom. The van der Waals surface area contributed by atoms with Crippen molar-refractivity contribution in [3.8, 4) is 5.88 Å². The second kappa shape index (κ2) is 5.88. The highest BCUT2D eigenvalue weighted by Crippen LogP contribution is 2.29. The molecule has 0 bridgehead atoms. The molecule has 0 unspecified atom stereocenters. The summed E-state index contributed by atoms with van der Waals surface area (Å²) in [6.45, 7) is 4.64. The Kier molecular flexibility index (Phi) is 4.21. The van der Waals surface area contributed by atoms with Crippen LogP contribution in [0.2, 0.25) is 0 Å². The van der Waals surface area contributed by atoms with Gasteiger partial charge in [-0.1, -0.05) is 13.8 Å². The summed E-state index contributed by atoms with van der Waals surface area (Å²) in [5.41, 5.74) is 1.18. The molecule has 2 aromatic heterocycles. The van der Waals surface area contributed by atoms with Crippen molar-refractivity contribution in [2.24, 2.45) is 5.92 Å². The minimum absolute atomic E-state index is 0.109. The third-order valence-electron chi connectivity index (χ3n) is 2.38. The number of ether oxygens (including phenoxy) is 1. The Bertz CT molecular complexity index is 582. The minimum atomic E-state index is -0.291. The van der Waals surface area contributed by atoms with E-state index in [9.17, 15) is 4.79 Å². The Morgan fingerprint density at radius 2 is 2.32 bits per heavy atom. The molecule has 0 aliphatic heterocycles. The fraction of sp³-hybridized carbons (Fsp3) is 0.417. The van der Waals surface area contributed by atoms with E-state index in [1.165, 1.54) is 6.33 Å². The van der Waals surface area contributed by atoms with Gasteiger partial charge in [0, 0.05) is 6.20 Å². The molecule has 102 valence electrons. The van der Waals surface area contributed by atoms with Crippen LogP contribution in [0.3, 0.4) is 0 Å². The van der Waals surface area contributed by atoms with Gasteiger partial charge in [-0.2, -0.15) is 0 Å². The Hall–Kier alpha value is -1.82. The van der Waals surface area contributed by atoms with Crippen LogP contribution in [0, 0.1) is 5.92 Å². The summed E-state index contributed by atoms with van der Waals surface area (Å²) in [5.74, 6) is 0.429. The largest absolute Gasteiger partial charge is 0.477 e. The number of H-pyrrole nitrogens is 1.